The Balaban J connectivity index is 1.90. The fourth-order valence-corrected chi connectivity index (χ4v) is 2.04. The first-order valence-electron chi connectivity index (χ1n) is 7.48. The van der Waals surface area contributed by atoms with Gasteiger partial charge in [0.25, 0.3) is 11.8 Å². The monoisotopic (exact) mass is 329 g/mol. The molecule has 0 bridgehead atoms. The second kappa shape index (κ2) is 7.96. The first kappa shape index (κ1) is 17.3. The van der Waals surface area contributed by atoms with Gasteiger partial charge in [-0.25, -0.2) is 0 Å². The first-order chi connectivity index (χ1) is 11.5. The van der Waals surface area contributed by atoms with Crippen LogP contribution in [-0.2, 0) is 4.79 Å². The van der Waals surface area contributed by atoms with Gasteiger partial charge in [0.05, 0.1) is 12.8 Å². The predicted octanol–water partition coefficient (Wildman–Crippen LogP) is 1.74. The molecule has 126 valence electrons. The highest BCUT2D eigenvalue weighted by Crippen LogP contribution is 2.10. The SMILES string of the molecule is CCNC(=O)c1ccc(NC(=O)CN(C)C(=O)c2ccco2)cc1. The standard InChI is InChI=1S/C17H19N3O4/c1-3-18-16(22)12-6-8-13(9-7-12)19-15(21)11-20(2)17(23)14-5-4-10-24-14/h4-10H,3,11H2,1-2H3,(H,18,22)(H,19,21). The number of nitrogens with zero attached hydrogens (tertiary/aromatic N) is 1. The van der Waals surface area contributed by atoms with Crippen molar-refractivity contribution in [2.45, 2.75) is 6.92 Å². The molecule has 1 aromatic carbocycles. The lowest BCUT2D eigenvalue weighted by molar-refractivity contribution is -0.116. The Bertz CT molecular complexity index is 708. The Morgan fingerprint density at radius 3 is 2.42 bits per heavy atom. The summed E-state index contributed by atoms with van der Waals surface area (Å²) in [7, 11) is 1.52. The highest BCUT2D eigenvalue weighted by Gasteiger charge is 2.17. The fraction of sp³-hybridized carbons (Fsp3) is 0.235. The molecule has 3 amide bonds. The van der Waals surface area contributed by atoms with Crippen LogP contribution in [0.5, 0.6) is 0 Å². The average molecular weight is 329 g/mol. The molecule has 0 radical (unpaired) electrons. The molecule has 0 atom stereocenters. The van der Waals surface area contributed by atoms with E-state index in [1.807, 2.05) is 6.92 Å². The van der Waals surface area contributed by atoms with Crippen molar-refractivity contribution in [3.8, 4) is 0 Å². The molecule has 0 saturated carbocycles. The van der Waals surface area contributed by atoms with E-state index in [1.54, 1.807) is 30.3 Å². The van der Waals surface area contributed by atoms with E-state index in [0.29, 0.717) is 17.8 Å². The van der Waals surface area contributed by atoms with Crippen molar-refractivity contribution in [3.63, 3.8) is 0 Å². The molecule has 0 aliphatic heterocycles. The molecule has 1 aromatic heterocycles. The largest absolute Gasteiger partial charge is 0.459 e. The summed E-state index contributed by atoms with van der Waals surface area (Å²) >= 11 is 0. The molecule has 2 N–H and O–H groups in total. The Kier molecular flexibility index (Phi) is 5.73. The summed E-state index contributed by atoms with van der Waals surface area (Å²) in [6, 6.07) is 9.67. The third-order valence-corrected chi connectivity index (χ3v) is 3.23. The van der Waals surface area contributed by atoms with Crippen molar-refractivity contribution >= 4 is 23.4 Å². The molecule has 0 saturated heterocycles. The zero-order valence-electron chi connectivity index (χ0n) is 13.5. The number of anilines is 1. The fourth-order valence-electron chi connectivity index (χ4n) is 2.04. The van der Waals surface area contributed by atoms with Gasteiger partial charge in [0.15, 0.2) is 5.76 Å². The molecule has 2 aromatic rings. The average Bonchev–Trinajstić information content (AvgIpc) is 3.09. The van der Waals surface area contributed by atoms with Crippen LogP contribution in [-0.4, -0.2) is 42.8 Å². The number of hydrogen-bond acceptors (Lipinski definition) is 4. The molecule has 7 heteroatoms. The maximum Gasteiger partial charge on any atom is 0.289 e. The Labute approximate surface area is 139 Å². The highest BCUT2D eigenvalue weighted by atomic mass is 16.3. The number of carbonyl (C=O) groups is 3. The quantitative estimate of drug-likeness (QED) is 0.844. The van der Waals surface area contributed by atoms with Gasteiger partial charge in [-0.3, -0.25) is 14.4 Å². The van der Waals surface area contributed by atoms with E-state index in [0.717, 1.165) is 0 Å². The van der Waals surface area contributed by atoms with E-state index < -0.39 is 0 Å². The Morgan fingerprint density at radius 1 is 1.12 bits per heavy atom. The van der Waals surface area contributed by atoms with Gasteiger partial charge in [0, 0.05) is 24.8 Å². The number of carbonyl (C=O) groups excluding carboxylic acids is 3. The number of nitrogens with one attached hydrogen (secondary N) is 2. The van der Waals surface area contributed by atoms with Crippen molar-refractivity contribution in [1.82, 2.24) is 10.2 Å². The van der Waals surface area contributed by atoms with Crippen LogP contribution in [0.15, 0.2) is 47.1 Å². The van der Waals surface area contributed by atoms with Gasteiger partial charge in [0.2, 0.25) is 5.91 Å². The summed E-state index contributed by atoms with van der Waals surface area (Å²) < 4.78 is 5.01. The van der Waals surface area contributed by atoms with Crippen LogP contribution < -0.4 is 10.6 Å². The van der Waals surface area contributed by atoms with Crippen LogP contribution >= 0.6 is 0 Å². The van der Waals surface area contributed by atoms with E-state index >= 15 is 0 Å². The van der Waals surface area contributed by atoms with Crippen molar-refractivity contribution < 1.29 is 18.8 Å². The van der Waals surface area contributed by atoms with Gasteiger partial charge in [-0.15, -0.1) is 0 Å². The van der Waals surface area contributed by atoms with Crippen LogP contribution in [0.4, 0.5) is 5.69 Å². The van der Waals surface area contributed by atoms with Gasteiger partial charge in [-0.1, -0.05) is 0 Å². The zero-order chi connectivity index (χ0) is 17.5. The van der Waals surface area contributed by atoms with Crippen LogP contribution in [0.2, 0.25) is 0 Å². The van der Waals surface area contributed by atoms with Crippen molar-refractivity contribution in [2.24, 2.45) is 0 Å². The lowest BCUT2D eigenvalue weighted by Crippen LogP contribution is -2.34. The van der Waals surface area contributed by atoms with E-state index in [1.165, 1.54) is 24.3 Å². The van der Waals surface area contributed by atoms with E-state index in [2.05, 4.69) is 10.6 Å². The van der Waals surface area contributed by atoms with Crippen LogP contribution in [0.25, 0.3) is 0 Å². The molecular formula is C17H19N3O4. The van der Waals surface area contributed by atoms with Gasteiger partial charge >= 0.3 is 0 Å². The molecule has 1 heterocycles. The minimum absolute atomic E-state index is 0.113. The number of benzene rings is 1. The second-order valence-corrected chi connectivity index (χ2v) is 5.12. The number of likely N-dealkylation sites (N-methyl/N-ethyl adjacent to an activating group) is 1. The molecule has 0 fully saturated rings. The number of rotatable bonds is 6. The second-order valence-electron chi connectivity index (χ2n) is 5.12. The van der Waals surface area contributed by atoms with Gasteiger partial charge in [-0.2, -0.15) is 0 Å². The summed E-state index contributed by atoms with van der Waals surface area (Å²) in [6.07, 6.45) is 1.40. The third kappa shape index (κ3) is 4.45. The normalized spacial score (nSPS) is 10.1. The molecule has 24 heavy (non-hydrogen) atoms. The molecule has 7 nitrogen and oxygen atoms in total. The molecule has 2 rings (SSSR count). The summed E-state index contributed by atoms with van der Waals surface area (Å²) in [5.41, 5.74) is 1.06. The minimum atomic E-state index is -0.373. The predicted molar refractivity (Wildman–Crippen MR) is 88.7 cm³/mol. The van der Waals surface area contributed by atoms with Crippen LogP contribution in [0.1, 0.15) is 27.8 Å². The van der Waals surface area contributed by atoms with E-state index in [4.69, 9.17) is 4.42 Å². The Morgan fingerprint density at radius 2 is 1.83 bits per heavy atom. The maximum atomic E-state index is 12.0. The van der Waals surface area contributed by atoms with E-state index in [9.17, 15) is 14.4 Å². The maximum absolute atomic E-state index is 12.0. The van der Waals surface area contributed by atoms with Crippen LogP contribution in [0, 0.1) is 0 Å². The smallest absolute Gasteiger partial charge is 0.289 e. The summed E-state index contributed by atoms with van der Waals surface area (Å²) in [6.45, 7) is 2.28. The molecule has 0 unspecified atom stereocenters. The third-order valence-electron chi connectivity index (χ3n) is 3.23. The number of amides is 3. The van der Waals surface area contributed by atoms with E-state index in [-0.39, 0.29) is 30.0 Å². The molecule has 0 spiro atoms. The van der Waals surface area contributed by atoms with Crippen molar-refractivity contribution in [2.75, 3.05) is 25.5 Å². The number of hydrogen-bond donors (Lipinski definition) is 2. The lowest BCUT2D eigenvalue weighted by atomic mass is 10.2. The molecular weight excluding hydrogens is 310 g/mol. The highest BCUT2D eigenvalue weighted by molar-refractivity contribution is 5.98. The Hall–Kier alpha value is -3.09. The van der Waals surface area contributed by atoms with Gasteiger partial charge in [0.1, 0.15) is 0 Å². The van der Waals surface area contributed by atoms with Crippen molar-refractivity contribution in [1.29, 1.82) is 0 Å². The topological polar surface area (TPSA) is 91.7 Å². The van der Waals surface area contributed by atoms with Gasteiger partial charge < -0.3 is 20.0 Å². The number of furan rings is 1. The minimum Gasteiger partial charge on any atom is -0.459 e. The summed E-state index contributed by atoms with van der Waals surface area (Å²) in [4.78, 5) is 36.9. The lowest BCUT2D eigenvalue weighted by Gasteiger charge is -2.15. The van der Waals surface area contributed by atoms with Gasteiger partial charge in [-0.05, 0) is 43.3 Å². The summed E-state index contributed by atoms with van der Waals surface area (Å²) in [5.74, 6) is -0.708. The summed E-state index contributed by atoms with van der Waals surface area (Å²) in [5, 5.41) is 5.37. The van der Waals surface area contributed by atoms with Crippen molar-refractivity contribution in [3.05, 3.63) is 54.0 Å². The zero-order valence-corrected chi connectivity index (χ0v) is 13.5. The van der Waals surface area contributed by atoms with Crippen LogP contribution in [0.3, 0.4) is 0 Å². The molecule has 0 aliphatic rings. The molecule has 0 aliphatic carbocycles. The first-order valence-corrected chi connectivity index (χ1v) is 7.48.